The Labute approximate surface area is 400 Å². The van der Waals surface area contributed by atoms with Crippen LogP contribution in [-0.2, 0) is 0 Å². The molecule has 2 atom stereocenters. The van der Waals surface area contributed by atoms with Crippen LogP contribution in [0.4, 0.5) is 0 Å². The van der Waals surface area contributed by atoms with Gasteiger partial charge in [0.25, 0.3) is 0 Å². The van der Waals surface area contributed by atoms with E-state index in [4.69, 9.17) is 28.8 Å². The van der Waals surface area contributed by atoms with Crippen molar-refractivity contribution >= 4 is 43.9 Å². The van der Waals surface area contributed by atoms with E-state index < -0.39 is 0 Å². The lowest BCUT2D eigenvalue weighted by Gasteiger charge is -2.42. The second-order valence-electron chi connectivity index (χ2n) is 18.2. The zero-order valence-electron chi connectivity index (χ0n) is 37.3. The molecule has 0 saturated carbocycles. The Morgan fingerprint density at radius 2 is 0.657 bits per heavy atom. The zero-order valence-corrected chi connectivity index (χ0v) is 37.3. The third-order valence-corrected chi connectivity index (χ3v) is 14.3. The van der Waals surface area contributed by atoms with Gasteiger partial charge in [-0.25, -0.2) is 19.9 Å². The topological polar surface area (TPSA) is 104 Å². The molecule has 0 radical (unpaired) electrons. The second-order valence-corrected chi connectivity index (χ2v) is 18.2. The van der Waals surface area contributed by atoms with Gasteiger partial charge in [0.1, 0.15) is 22.3 Å². The van der Waals surface area contributed by atoms with Crippen LogP contribution in [0.1, 0.15) is 45.2 Å². The van der Waals surface area contributed by atoms with Crippen LogP contribution in [0, 0.1) is 0 Å². The van der Waals surface area contributed by atoms with Crippen molar-refractivity contribution in [2.45, 2.75) is 11.8 Å². The van der Waals surface area contributed by atoms with E-state index in [-0.39, 0.29) is 11.8 Å². The lowest BCUT2D eigenvalue weighted by molar-refractivity contribution is 0.668. The van der Waals surface area contributed by atoms with E-state index in [1.807, 2.05) is 73.1 Å². The molecule has 16 rings (SSSR count). The number of hydrogen-bond donors (Lipinski definition) is 0. The van der Waals surface area contributed by atoms with Crippen molar-refractivity contribution in [2.24, 2.45) is 0 Å². The summed E-state index contributed by atoms with van der Waals surface area (Å²) in [5.41, 5.74) is 20.5. The minimum Gasteiger partial charge on any atom is -0.456 e. The molecule has 326 valence electrons. The van der Waals surface area contributed by atoms with Gasteiger partial charge in [0.05, 0.1) is 22.8 Å². The molecule has 0 aliphatic heterocycles. The van der Waals surface area contributed by atoms with Crippen LogP contribution in [0.2, 0.25) is 0 Å². The molecule has 3 aliphatic carbocycles. The highest BCUT2D eigenvalue weighted by Gasteiger charge is 2.41. The SMILES string of the molecule is c1ccc(-c2nc(-c3ccc4c(c3)C3c5ccccc5C4c4cc(-c5cc(-c6ccc7oc8ccncc8c7c6)nc(-c6ccccc6)n5)ccc43)cc(-c3ccc4oc5ccncc5c4c3)n2)cc1. The summed E-state index contributed by atoms with van der Waals surface area (Å²) in [4.78, 5) is 29.7. The predicted molar refractivity (Wildman–Crippen MR) is 275 cm³/mol. The fourth-order valence-electron chi connectivity index (χ4n) is 11.0. The molecule has 7 aromatic carbocycles. The third-order valence-electron chi connectivity index (χ3n) is 14.3. The molecule has 13 aromatic rings. The maximum absolute atomic E-state index is 6.17. The molecule has 3 aliphatic rings. The van der Waals surface area contributed by atoms with Crippen LogP contribution in [0.5, 0.6) is 0 Å². The summed E-state index contributed by atoms with van der Waals surface area (Å²) in [6.45, 7) is 0. The highest BCUT2D eigenvalue weighted by atomic mass is 16.3. The third kappa shape index (κ3) is 6.03. The van der Waals surface area contributed by atoms with Crippen LogP contribution >= 0.6 is 0 Å². The number of rotatable bonds is 6. The maximum Gasteiger partial charge on any atom is 0.160 e. The van der Waals surface area contributed by atoms with Gasteiger partial charge in [0.2, 0.25) is 0 Å². The van der Waals surface area contributed by atoms with Gasteiger partial charge in [0.15, 0.2) is 11.6 Å². The van der Waals surface area contributed by atoms with Crippen LogP contribution in [0.15, 0.2) is 216 Å². The Morgan fingerprint density at radius 3 is 1.10 bits per heavy atom. The number of fused-ring (bicyclic) bond motifs is 6. The van der Waals surface area contributed by atoms with E-state index in [1.54, 1.807) is 12.4 Å². The number of pyridine rings is 2. The van der Waals surface area contributed by atoms with E-state index in [1.165, 1.54) is 33.4 Å². The van der Waals surface area contributed by atoms with Gasteiger partial charge >= 0.3 is 0 Å². The lowest BCUT2D eigenvalue weighted by atomic mass is 9.60. The summed E-state index contributed by atoms with van der Waals surface area (Å²) in [5, 5.41) is 3.96. The molecule has 8 nitrogen and oxygen atoms in total. The Kier molecular flexibility index (Phi) is 8.32. The van der Waals surface area contributed by atoms with E-state index in [0.29, 0.717) is 11.6 Å². The van der Waals surface area contributed by atoms with Crippen molar-refractivity contribution < 1.29 is 8.83 Å². The predicted octanol–water partition coefficient (Wildman–Crippen LogP) is 14.8. The smallest absolute Gasteiger partial charge is 0.160 e. The van der Waals surface area contributed by atoms with Crippen molar-refractivity contribution in [2.75, 3.05) is 0 Å². The first-order valence-electron chi connectivity index (χ1n) is 23.4. The number of hydrogen-bond acceptors (Lipinski definition) is 8. The summed E-state index contributed by atoms with van der Waals surface area (Å²) < 4.78 is 12.3. The summed E-state index contributed by atoms with van der Waals surface area (Å²) in [6, 6.07) is 63.9. The molecule has 0 amide bonds. The second kappa shape index (κ2) is 15.1. The Hall–Kier alpha value is -9.40. The van der Waals surface area contributed by atoms with Crippen molar-refractivity contribution in [3.05, 3.63) is 240 Å². The van der Waals surface area contributed by atoms with Gasteiger partial charge < -0.3 is 8.83 Å². The van der Waals surface area contributed by atoms with E-state index in [0.717, 1.165) is 100 Å². The van der Waals surface area contributed by atoms with Crippen LogP contribution in [-0.4, -0.2) is 29.9 Å². The monoisotopic (exact) mass is 896 g/mol. The standard InChI is InChI=1S/C62H36N6O2/c1-3-9-35(10-4-1)61-65-51(31-53(67-61)39-17-21-55-45(27-39)49-33-63-25-23-57(49)69-55)37-15-19-43-47(29-37)59-41-13-7-8-14-42(41)60(43)48-30-38(16-20-44(48)59)52-32-54(68-62(66-52)36-11-5-2-6-12-36)40-18-22-56-46(28-40)50-34-64-26-24-58(50)70-56/h1-34,59-60H. The molecule has 0 saturated heterocycles. The first-order chi connectivity index (χ1) is 34.6. The van der Waals surface area contributed by atoms with Gasteiger partial charge in [0, 0.05) is 91.5 Å². The number of furan rings is 2. The summed E-state index contributed by atoms with van der Waals surface area (Å²) in [5.74, 6) is 1.41. The molecule has 2 unspecified atom stereocenters. The summed E-state index contributed by atoms with van der Waals surface area (Å²) in [7, 11) is 0. The average molecular weight is 897 g/mol. The van der Waals surface area contributed by atoms with Crippen LogP contribution < -0.4 is 0 Å². The molecular weight excluding hydrogens is 861 g/mol. The highest BCUT2D eigenvalue weighted by Crippen LogP contribution is 2.57. The lowest BCUT2D eigenvalue weighted by Crippen LogP contribution is -2.27. The van der Waals surface area contributed by atoms with Gasteiger partial charge in [-0.3, -0.25) is 9.97 Å². The Morgan fingerprint density at radius 1 is 0.286 bits per heavy atom. The molecule has 6 heterocycles. The van der Waals surface area contributed by atoms with Crippen LogP contribution in [0.3, 0.4) is 0 Å². The Bertz CT molecular complexity index is 4000. The van der Waals surface area contributed by atoms with E-state index in [2.05, 4.69) is 131 Å². The van der Waals surface area contributed by atoms with Crippen molar-refractivity contribution in [1.29, 1.82) is 0 Å². The normalized spacial score (nSPS) is 14.6. The first-order valence-corrected chi connectivity index (χ1v) is 23.4. The molecular formula is C62H36N6O2. The Balaban J connectivity index is 0.857. The maximum atomic E-state index is 6.17. The van der Waals surface area contributed by atoms with Gasteiger partial charge in [-0.2, -0.15) is 0 Å². The fraction of sp³-hybridized carbons (Fsp3) is 0.0323. The summed E-state index contributed by atoms with van der Waals surface area (Å²) in [6.07, 6.45) is 7.24. The molecule has 2 bridgehead atoms. The van der Waals surface area contributed by atoms with Crippen molar-refractivity contribution in [3.63, 3.8) is 0 Å². The number of aromatic nitrogens is 6. The van der Waals surface area contributed by atoms with E-state index in [9.17, 15) is 0 Å². The quantitative estimate of drug-likeness (QED) is 0.163. The zero-order chi connectivity index (χ0) is 45.9. The average Bonchev–Trinajstić information content (AvgIpc) is 4.01. The molecule has 8 heteroatoms. The first kappa shape index (κ1) is 38.7. The molecule has 0 N–H and O–H groups in total. The minimum atomic E-state index is 0.0346. The largest absolute Gasteiger partial charge is 0.456 e. The van der Waals surface area contributed by atoms with Crippen LogP contribution in [0.25, 0.3) is 112 Å². The minimum absolute atomic E-state index is 0.0346. The van der Waals surface area contributed by atoms with E-state index >= 15 is 0 Å². The molecule has 70 heavy (non-hydrogen) atoms. The molecule has 6 aromatic heterocycles. The highest BCUT2D eigenvalue weighted by molar-refractivity contribution is 6.07. The molecule has 0 spiro atoms. The fourth-order valence-corrected chi connectivity index (χ4v) is 11.0. The number of nitrogens with zero attached hydrogens (tertiary/aromatic N) is 6. The van der Waals surface area contributed by atoms with Gasteiger partial charge in [-0.1, -0.05) is 109 Å². The van der Waals surface area contributed by atoms with Gasteiger partial charge in [-0.15, -0.1) is 0 Å². The summed E-state index contributed by atoms with van der Waals surface area (Å²) >= 11 is 0. The van der Waals surface area contributed by atoms with Crippen molar-refractivity contribution in [3.8, 4) is 67.8 Å². The van der Waals surface area contributed by atoms with Crippen molar-refractivity contribution in [1.82, 2.24) is 29.9 Å². The molecule has 0 fully saturated rings. The number of benzene rings is 7. The van der Waals surface area contributed by atoms with Gasteiger partial charge in [-0.05, 0) is 106 Å².